The molecule has 0 bridgehead atoms. The SMILES string of the molecule is Nc1cn([C@@]2(C(=O)O)C[C@H](O)[C@@H](CO)O2)c(=O)[nH]c1=O. The molecule has 1 aliphatic rings. The number of nitrogens with zero attached hydrogens (tertiary/aromatic N) is 1. The minimum Gasteiger partial charge on any atom is -0.478 e. The fourth-order valence-corrected chi connectivity index (χ4v) is 2.10. The first-order valence-electron chi connectivity index (χ1n) is 5.64. The molecule has 2 rings (SSSR count). The molecular formula is C10H13N3O7. The van der Waals surface area contributed by atoms with E-state index in [9.17, 15) is 24.6 Å². The molecule has 1 aliphatic heterocycles. The number of anilines is 1. The van der Waals surface area contributed by atoms with Gasteiger partial charge in [-0.3, -0.25) is 14.3 Å². The van der Waals surface area contributed by atoms with Gasteiger partial charge in [-0.05, 0) is 0 Å². The van der Waals surface area contributed by atoms with Crippen LogP contribution in [0.3, 0.4) is 0 Å². The highest BCUT2D eigenvalue weighted by atomic mass is 16.6. The van der Waals surface area contributed by atoms with Crippen molar-refractivity contribution in [1.82, 2.24) is 9.55 Å². The Morgan fingerprint density at radius 2 is 2.25 bits per heavy atom. The van der Waals surface area contributed by atoms with E-state index in [0.717, 1.165) is 6.20 Å². The maximum Gasteiger partial charge on any atom is 0.358 e. The summed E-state index contributed by atoms with van der Waals surface area (Å²) in [6.45, 7) is -0.621. The third kappa shape index (κ3) is 1.99. The van der Waals surface area contributed by atoms with Crippen LogP contribution in [0.25, 0.3) is 0 Å². The molecule has 0 spiro atoms. The lowest BCUT2D eigenvalue weighted by Gasteiger charge is -2.26. The molecule has 0 saturated carbocycles. The van der Waals surface area contributed by atoms with E-state index in [1.54, 1.807) is 0 Å². The number of rotatable bonds is 3. The van der Waals surface area contributed by atoms with Crippen molar-refractivity contribution in [3.05, 3.63) is 27.0 Å². The summed E-state index contributed by atoms with van der Waals surface area (Å²) in [6, 6.07) is 0. The number of aliphatic carboxylic acids is 1. The zero-order valence-electron chi connectivity index (χ0n) is 10.1. The maximum atomic E-state index is 11.8. The van der Waals surface area contributed by atoms with Crippen molar-refractivity contribution in [2.75, 3.05) is 12.3 Å². The Labute approximate surface area is 111 Å². The number of nitrogens with one attached hydrogen (secondary N) is 1. The third-order valence-corrected chi connectivity index (χ3v) is 3.13. The van der Waals surface area contributed by atoms with Crippen LogP contribution >= 0.6 is 0 Å². The fourth-order valence-electron chi connectivity index (χ4n) is 2.10. The summed E-state index contributed by atoms with van der Waals surface area (Å²) in [5, 5.41) is 28.0. The first-order valence-corrected chi connectivity index (χ1v) is 5.64. The zero-order chi connectivity index (χ0) is 15.1. The molecule has 1 aromatic heterocycles. The zero-order valence-corrected chi connectivity index (χ0v) is 10.1. The predicted molar refractivity (Wildman–Crippen MR) is 63.9 cm³/mol. The van der Waals surface area contributed by atoms with E-state index in [1.165, 1.54) is 0 Å². The highest BCUT2D eigenvalue weighted by Crippen LogP contribution is 2.34. The summed E-state index contributed by atoms with van der Waals surface area (Å²) in [5.41, 5.74) is 0.840. The topological polar surface area (TPSA) is 168 Å². The number of carboxylic acids is 1. The fraction of sp³-hybridized carbons (Fsp3) is 0.500. The van der Waals surface area contributed by atoms with Crippen molar-refractivity contribution >= 4 is 11.7 Å². The predicted octanol–water partition coefficient (Wildman–Crippen LogP) is -3.00. The Morgan fingerprint density at radius 1 is 1.60 bits per heavy atom. The van der Waals surface area contributed by atoms with Crippen LogP contribution in [0.4, 0.5) is 5.69 Å². The Hall–Kier alpha value is -2.17. The number of carboxylic acid groups (broad SMARTS) is 1. The molecule has 1 fully saturated rings. The second-order valence-corrected chi connectivity index (χ2v) is 4.41. The Kier molecular flexibility index (Phi) is 3.38. The standard InChI is InChI=1S/C10H13N3O7/c11-4-2-13(9(19)12-7(4)16)10(8(17)18)1-5(15)6(3-14)20-10/h2,5-6,14-15H,1,3,11H2,(H,17,18)(H,12,16,19)/t5-,6+,10-/m0/s1. The molecule has 20 heavy (non-hydrogen) atoms. The van der Waals surface area contributed by atoms with Crippen molar-refractivity contribution in [3.8, 4) is 0 Å². The molecule has 110 valence electrons. The van der Waals surface area contributed by atoms with Crippen LogP contribution in [0, 0.1) is 0 Å². The summed E-state index contributed by atoms with van der Waals surface area (Å²) in [5.74, 6) is -1.55. The van der Waals surface area contributed by atoms with Gasteiger partial charge in [0, 0.05) is 12.6 Å². The van der Waals surface area contributed by atoms with Gasteiger partial charge < -0.3 is 25.8 Å². The van der Waals surface area contributed by atoms with Crippen LogP contribution in [0.2, 0.25) is 0 Å². The van der Waals surface area contributed by atoms with Crippen LogP contribution in [0.15, 0.2) is 15.8 Å². The van der Waals surface area contributed by atoms with Gasteiger partial charge in [-0.25, -0.2) is 9.59 Å². The molecule has 10 heteroatoms. The minimum absolute atomic E-state index is 0.379. The number of hydrogen-bond acceptors (Lipinski definition) is 7. The lowest BCUT2D eigenvalue weighted by Crippen LogP contribution is -2.50. The largest absolute Gasteiger partial charge is 0.478 e. The number of carbonyl (C=O) groups is 1. The van der Waals surface area contributed by atoms with Crippen LogP contribution < -0.4 is 17.0 Å². The van der Waals surface area contributed by atoms with Crippen molar-refractivity contribution in [2.24, 2.45) is 0 Å². The summed E-state index contributed by atoms with van der Waals surface area (Å²) < 4.78 is 5.71. The highest BCUT2D eigenvalue weighted by molar-refractivity contribution is 5.75. The van der Waals surface area contributed by atoms with Gasteiger partial charge in [-0.1, -0.05) is 0 Å². The van der Waals surface area contributed by atoms with Crippen LogP contribution in [0.1, 0.15) is 6.42 Å². The molecule has 0 amide bonds. The van der Waals surface area contributed by atoms with Crippen LogP contribution in [-0.4, -0.2) is 49.7 Å². The van der Waals surface area contributed by atoms with E-state index >= 15 is 0 Å². The molecule has 1 saturated heterocycles. The first kappa shape index (κ1) is 14.2. The summed E-state index contributed by atoms with van der Waals surface area (Å²) in [6.07, 6.45) is -2.08. The van der Waals surface area contributed by atoms with E-state index in [0.29, 0.717) is 4.57 Å². The molecule has 0 aromatic carbocycles. The second kappa shape index (κ2) is 4.74. The lowest BCUT2D eigenvalue weighted by molar-refractivity contribution is -0.182. The van der Waals surface area contributed by atoms with Gasteiger partial charge >= 0.3 is 11.7 Å². The van der Waals surface area contributed by atoms with Crippen molar-refractivity contribution in [2.45, 2.75) is 24.4 Å². The van der Waals surface area contributed by atoms with Gasteiger partial charge in [0.2, 0.25) is 0 Å². The van der Waals surface area contributed by atoms with Gasteiger partial charge in [0.1, 0.15) is 11.8 Å². The first-order chi connectivity index (χ1) is 9.31. The Balaban J connectivity index is 2.62. The molecular weight excluding hydrogens is 274 g/mol. The molecule has 0 unspecified atom stereocenters. The summed E-state index contributed by atoms with van der Waals surface area (Å²) in [7, 11) is 0. The number of aromatic nitrogens is 2. The molecule has 1 aromatic rings. The Morgan fingerprint density at radius 3 is 2.75 bits per heavy atom. The number of H-pyrrole nitrogens is 1. The highest BCUT2D eigenvalue weighted by Gasteiger charge is 2.54. The van der Waals surface area contributed by atoms with Gasteiger partial charge in [0.05, 0.1) is 12.7 Å². The average Bonchev–Trinajstić information content (AvgIpc) is 2.72. The third-order valence-electron chi connectivity index (χ3n) is 3.13. The van der Waals surface area contributed by atoms with Crippen molar-refractivity contribution in [3.63, 3.8) is 0 Å². The van der Waals surface area contributed by atoms with Gasteiger partial charge in [0.15, 0.2) is 0 Å². The number of aliphatic hydroxyl groups excluding tert-OH is 2. The number of hydrogen-bond donors (Lipinski definition) is 5. The smallest absolute Gasteiger partial charge is 0.358 e. The van der Waals surface area contributed by atoms with Crippen LogP contribution in [0.5, 0.6) is 0 Å². The molecule has 10 nitrogen and oxygen atoms in total. The van der Waals surface area contributed by atoms with Crippen molar-refractivity contribution < 1.29 is 24.9 Å². The van der Waals surface area contributed by atoms with Crippen LogP contribution in [-0.2, 0) is 15.3 Å². The summed E-state index contributed by atoms with van der Waals surface area (Å²) >= 11 is 0. The number of nitrogens with two attached hydrogens (primary N) is 1. The normalized spacial score (nSPS) is 29.5. The van der Waals surface area contributed by atoms with Crippen molar-refractivity contribution in [1.29, 1.82) is 0 Å². The van der Waals surface area contributed by atoms with E-state index in [1.807, 2.05) is 4.98 Å². The number of aromatic amines is 1. The monoisotopic (exact) mass is 287 g/mol. The quantitative estimate of drug-likeness (QED) is 0.392. The van der Waals surface area contributed by atoms with Gasteiger partial charge in [-0.15, -0.1) is 0 Å². The molecule has 0 radical (unpaired) electrons. The number of ether oxygens (including phenoxy) is 1. The number of aliphatic hydroxyl groups is 2. The van der Waals surface area contributed by atoms with E-state index in [-0.39, 0.29) is 5.69 Å². The molecule has 6 N–H and O–H groups in total. The minimum atomic E-state index is -2.23. The maximum absolute atomic E-state index is 11.8. The Bertz CT molecular complexity index is 651. The molecule has 0 aliphatic carbocycles. The second-order valence-electron chi connectivity index (χ2n) is 4.41. The lowest BCUT2D eigenvalue weighted by atomic mass is 10.1. The molecule has 3 atom stereocenters. The van der Waals surface area contributed by atoms with E-state index in [4.69, 9.17) is 15.6 Å². The summed E-state index contributed by atoms with van der Waals surface area (Å²) in [4.78, 5) is 36.3. The number of nitrogen functional groups attached to an aromatic ring is 1. The molecule has 2 heterocycles. The van der Waals surface area contributed by atoms with Gasteiger partial charge in [0.25, 0.3) is 11.3 Å². The van der Waals surface area contributed by atoms with E-state index < -0.39 is 48.2 Å². The van der Waals surface area contributed by atoms with Gasteiger partial charge in [-0.2, -0.15) is 0 Å². The average molecular weight is 287 g/mol. The van der Waals surface area contributed by atoms with E-state index in [2.05, 4.69) is 0 Å².